The second-order valence-corrected chi connectivity index (χ2v) is 5.01. The molecule has 0 atom stereocenters. The Bertz CT molecular complexity index is 747. The summed E-state index contributed by atoms with van der Waals surface area (Å²) in [4.78, 5) is 21.6. The summed E-state index contributed by atoms with van der Waals surface area (Å²) < 4.78 is 5.53. The zero-order chi connectivity index (χ0) is 14.3. The number of hydrogen-bond donors (Lipinski definition) is 0. The van der Waals surface area contributed by atoms with Crippen molar-refractivity contribution < 1.29 is 14.6 Å². The molecule has 0 N–H and O–H groups in total. The van der Waals surface area contributed by atoms with E-state index in [0.29, 0.717) is 5.75 Å². The van der Waals surface area contributed by atoms with Crippen LogP contribution in [0.25, 0.3) is 0 Å². The van der Waals surface area contributed by atoms with Crippen LogP contribution in [0.15, 0.2) is 46.2 Å². The van der Waals surface area contributed by atoms with Crippen LogP contribution in [-0.4, -0.2) is 9.85 Å². The fourth-order valence-electron chi connectivity index (χ4n) is 1.84. The van der Waals surface area contributed by atoms with E-state index in [1.54, 1.807) is 24.3 Å². The second-order valence-electron chi connectivity index (χ2n) is 3.96. The predicted octanol–water partition coefficient (Wildman–Crippen LogP) is 3.76. The smallest absolute Gasteiger partial charge is 0.293 e. The van der Waals surface area contributed by atoms with E-state index in [1.807, 2.05) is 0 Å². The summed E-state index contributed by atoms with van der Waals surface area (Å²) in [5, 5.41) is 21.9. The first-order chi connectivity index (χ1) is 9.56. The lowest BCUT2D eigenvalue weighted by Crippen LogP contribution is -2.01. The Morgan fingerprint density at radius 3 is 2.45 bits per heavy atom. The normalized spacial score (nSPS) is 12.0. The van der Waals surface area contributed by atoms with E-state index in [2.05, 4.69) is 0 Å². The summed E-state index contributed by atoms with van der Waals surface area (Å²) in [5.41, 5.74) is -0.691. The highest BCUT2D eigenvalue weighted by molar-refractivity contribution is 7.99. The Hall–Kier alpha value is -2.61. The van der Waals surface area contributed by atoms with Crippen LogP contribution in [-0.2, 0) is 0 Å². The molecular weight excluding hydrogens is 284 g/mol. The molecule has 0 aliphatic carbocycles. The molecule has 1 aliphatic heterocycles. The summed E-state index contributed by atoms with van der Waals surface area (Å²) >= 11 is 1.17. The molecule has 0 radical (unpaired) electrons. The van der Waals surface area contributed by atoms with Crippen molar-refractivity contribution in [2.24, 2.45) is 0 Å². The minimum Gasteiger partial charge on any atom is -0.454 e. The average Bonchev–Trinajstić information content (AvgIpc) is 2.43. The van der Waals surface area contributed by atoms with Crippen molar-refractivity contribution in [2.45, 2.75) is 9.79 Å². The van der Waals surface area contributed by atoms with Crippen molar-refractivity contribution in [1.82, 2.24) is 0 Å². The summed E-state index contributed by atoms with van der Waals surface area (Å²) in [6, 6.07) is 9.17. The molecule has 0 amide bonds. The Balaban J connectivity index is 2.19. The molecule has 0 saturated carbocycles. The quantitative estimate of drug-likeness (QED) is 0.526. The number of fused-ring (bicyclic) bond motifs is 2. The van der Waals surface area contributed by atoms with E-state index in [0.717, 1.165) is 11.0 Å². The highest BCUT2D eigenvalue weighted by Gasteiger charge is 2.30. The molecule has 8 heteroatoms. The van der Waals surface area contributed by atoms with Crippen LogP contribution in [0.5, 0.6) is 11.5 Å². The summed E-state index contributed by atoms with van der Waals surface area (Å²) in [5.74, 6) is 0.661. The van der Waals surface area contributed by atoms with E-state index < -0.39 is 9.85 Å². The number of hydrogen-bond acceptors (Lipinski definition) is 6. The molecule has 3 rings (SSSR count). The van der Waals surface area contributed by atoms with Gasteiger partial charge >= 0.3 is 0 Å². The summed E-state index contributed by atoms with van der Waals surface area (Å²) in [6.45, 7) is 0. The second kappa shape index (κ2) is 4.49. The molecule has 0 unspecified atom stereocenters. The maximum absolute atomic E-state index is 11.1. The van der Waals surface area contributed by atoms with Gasteiger partial charge in [0.1, 0.15) is 10.6 Å². The maximum atomic E-state index is 11.1. The topological polar surface area (TPSA) is 95.5 Å². The SMILES string of the molecule is O=[N+]([O-])c1cc2c(c([N+](=O)[O-])c1)Sc1ccccc1O2. The Kier molecular flexibility index (Phi) is 2.79. The van der Waals surface area contributed by atoms with E-state index in [1.165, 1.54) is 17.8 Å². The van der Waals surface area contributed by atoms with Gasteiger partial charge in [-0.05, 0) is 12.1 Å². The average molecular weight is 290 g/mol. The van der Waals surface area contributed by atoms with Crippen LogP contribution in [0.1, 0.15) is 0 Å². The van der Waals surface area contributed by atoms with Gasteiger partial charge in [0.05, 0.1) is 26.9 Å². The molecule has 0 bridgehead atoms. The molecular formula is C12H6N2O5S. The predicted molar refractivity (Wildman–Crippen MR) is 70.4 cm³/mol. The minimum atomic E-state index is -0.679. The van der Waals surface area contributed by atoms with Crippen LogP contribution < -0.4 is 4.74 Å². The van der Waals surface area contributed by atoms with Crippen molar-refractivity contribution in [3.05, 3.63) is 56.6 Å². The third-order valence-electron chi connectivity index (χ3n) is 2.71. The molecule has 2 aromatic rings. The first-order valence-corrected chi connectivity index (χ1v) is 6.29. The van der Waals surface area contributed by atoms with Gasteiger partial charge in [0.15, 0.2) is 5.75 Å². The molecule has 0 saturated heterocycles. The highest BCUT2D eigenvalue weighted by atomic mass is 32.2. The van der Waals surface area contributed by atoms with Crippen molar-refractivity contribution >= 4 is 23.1 Å². The van der Waals surface area contributed by atoms with Gasteiger partial charge in [-0.1, -0.05) is 23.9 Å². The van der Waals surface area contributed by atoms with Crippen molar-refractivity contribution in [3.8, 4) is 11.5 Å². The van der Waals surface area contributed by atoms with Crippen molar-refractivity contribution in [1.29, 1.82) is 0 Å². The number of benzene rings is 2. The maximum Gasteiger partial charge on any atom is 0.293 e. The van der Waals surface area contributed by atoms with Gasteiger partial charge in [-0.3, -0.25) is 20.2 Å². The fraction of sp³-hybridized carbons (Fsp3) is 0. The largest absolute Gasteiger partial charge is 0.454 e. The molecule has 7 nitrogen and oxygen atoms in total. The minimum absolute atomic E-state index is 0.134. The number of non-ortho nitro benzene ring substituents is 1. The van der Waals surface area contributed by atoms with Crippen molar-refractivity contribution in [2.75, 3.05) is 0 Å². The van der Waals surface area contributed by atoms with E-state index >= 15 is 0 Å². The first kappa shape index (κ1) is 12.4. The zero-order valence-electron chi connectivity index (χ0n) is 9.81. The van der Waals surface area contributed by atoms with E-state index in [-0.39, 0.29) is 22.0 Å². The van der Waals surface area contributed by atoms with Crippen LogP contribution >= 0.6 is 11.8 Å². The van der Waals surface area contributed by atoms with Gasteiger partial charge < -0.3 is 4.74 Å². The number of nitrogens with zero attached hydrogens (tertiary/aromatic N) is 2. The third-order valence-corrected chi connectivity index (χ3v) is 3.88. The first-order valence-electron chi connectivity index (χ1n) is 5.48. The molecule has 0 aromatic heterocycles. The monoisotopic (exact) mass is 290 g/mol. The summed E-state index contributed by atoms with van der Waals surface area (Å²) in [6.07, 6.45) is 0. The molecule has 20 heavy (non-hydrogen) atoms. The highest BCUT2D eigenvalue weighted by Crippen LogP contribution is 2.51. The zero-order valence-corrected chi connectivity index (χ0v) is 10.6. The van der Waals surface area contributed by atoms with Gasteiger partial charge in [0.25, 0.3) is 11.4 Å². The molecule has 1 aliphatic rings. The van der Waals surface area contributed by atoms with Gasteiger partial charge in [-0.15, -0.1) is 0 Å². The molecule has 0 spiro atoms. The van der Waals surface area contributed by atoms with Gasteiger partial charge in [0, 0.05) is 0 Å². The Morgan fingerprint density at radius 2 is 1.75 bits per heavy atom. The Labute approximate surface area is 116 Å². The van der Waals surface area contributed by atoms with Gasteiger partial charge in [-0.25, -0.2) is 0 Å². The molecule has 2 aromatic carbocycles. The van der Waals surface area contributed by atoms with E-state index in [4.69, 9.17) is 4.74 Å². The van der Waals surface area contributed by atoms with Crippen LogP contribution in [0.3, 0.4) is 0 Å². The molecule has 100 valence electrons. The van der Waals surface area contributed by atoms with Crippen LogP contribution in [0.2, 0.25) is 0 Å². The van der Waals surface area contributed by atoms with Crippen LogP contribution in [0.4, 0.5) is 11.4 Å². The number of ether oxygens (including phenoxy) is 1. The Morgan fingerprint density at radius 1 is 1.00 bits per heavy atom. The third kappa shape index (κ3) is 1.95. The fourth-order valence-corrected chi connectivity index (χ4v) is 2.86. The van der Waals surface area contributed by atoms with Gasteiger partial charge in [0.2, 0.25) is 0 Å². The van der Waals surface area contributed by atoms with E-state index in [9.17, 15) is 20.2 Å². The van der Waals surface area contributed by atoms with Crippen molar-refractivity contribution in [3.63, 3.8) is 0 Å². The van der Waals surface area contributed by atoms with Gasteiger partial charge in [-0.2, -0.15) is 0 Å². The summed E-state index contributed by atoms with van der Waals surface area (Å²) in [7, 11) is 0. The lowest BCUT2D eigenvalue weighted by molar-refractivity contribution is -0.396. The lowest BCUT2D eigenvalue weighted by Gasteiger charge is -2.18. The molecule has 0 fully saturated rings. The molecule has 1 heterocycles. The van der Waals surface area contributed by atoms with Crippen LogP contribution in [0, 0.1) is 20.2 Å². The number of nitro benzene ring substituents is 2. The standard InChI is InChI=1S/C12H6N2O5S/c15-13(16)7-5-8(14(17)18)12-10(6-7)19-9-3-1-2-4-11(9)20-12/h1-6H. The lowest BCUT2D eigenvalue weighted by atomic mass is 10.2. The number of para-hydroxylation sites is 1. The number of rotatable bonds is 2. The number of nitro groups is 2.